The van der Waals surface area contributed by atoms with Gasteiger partial charge in [-0.25, -0.2) is 13.6 Å². The topological polar surface area (TPSA) is 74.6 Å². The fourth-order valence-electron chi connectivity index (χ4n) is 0.965. The van der Waals surface area contributed by atoms with Gasteiger partial charge in [0.1, 0.15) is 11.6 Å². The summed E-state index contributed by atoms with van der Waals surface area (Å²) in [5.41, 5.74) is -0.384. The van der Waals surface area contributed by atoms with Crippen molar-refractivity contribution in [2.45, 2.75) is 0 Å². The van der Waals surface area contributed by atoms with Gasteiger partial charge in [-0.1, -0.05) is 0 Å². The summed E-state index contributed by atoms with van der Waals surface area (Å²) >= 11 is 0. The quantitative estimate of drug-likeness (QED) is 0.468. The molecule has 0 aromatic heterocycles. The number of hydrogen-bond donors (Lipinski definition) is 2. The van der Waals surface area contributed by atoms with Gasteiger partial charge in [0.2, 0.25) is 5.76 Å². The van der Waals surface area contributed by atoms with Gasteiger partial charge < -0.3 is 10.2 Å². The number of carboxylic acids is 1. The first-order chi connectivity index (χ1) is 7.40. The zero-order valence-electron chi connectivity index (χ0n) is 7.78. The molecule has 6 heteroatoms. The lowest BCUT2D eigenvalue weighted by molar-refractivity contribution is -0.135. The molecular weight excluding hydrogens is 222 g/mol. The van der Waals surface area contributed by atoms with Gasteiger partial charge in [0.05, 0.1) is 0 Å². The Morgan fingerprint density at radius 1 is 1.06 bits per heavy atom. The number of benzene rings is 1. The minimum Gasteiger partial charge on any atom is -0.502 e. The third-order valence-electron chi connectivity index (χ3n) is 1.63. The summed E-state index contributed by atoms with van der Waals surface area (Å²) in [6.07, 6.45) is 0.372. The van der Waals surface area contributed by atoms with E-state index in [0.717, 1.165) is 12.1 Å². The summed E-state index contributed by atoms with van der Waals surface area (Å²) in [5, 5.41) is 17.0. The lowest BCUT2D eigenvalue weighted by Crippen LogP contribution is -2.04. The number of carboxylic acid groups (broad SMARTS) is 1. The van der Waals surface area contributed by atoms with Crippen molar-refractivity contribution in [1.29, 1.82) is 0 Å². The summed E-state index contributed by atoms with van der Waals surface area (Å²) in [4.78, 5) is 21.4. The molecule has 1 aromatic carbocycles. The number of halogens is 2. The summed E-state index contributed by atoms with van der Waals surface area (Å²) in [5.74, 6) is -5.84. The molecule has 0 amide bonds. The van der Waals surface area contributed by atoms with Crippen LogP contribution in [0.2, 0.25) is 0 Å². The molecule has 0 spiro atoms. The first-order valence-electron chi connectivity index (χ1n) is 4.04. The van der Waals surface area contributed by atoms with Gasteiger partial charge in [0.25, 0.3) is 0 Å². The van der Waals surface area contributed by atoms with Gasteiger partial charge >= 0.3 is 5.97 Å². The average molecular weight is 228 g/mol. The Labute approximate surface area is 88.4 Å². The van der Waals surface area contributed by atoms with E-state index in [1.54, 1.807) is 0 Å². The van der Waals surface area contributed by atoms with Crippen LogP contribution in [-0.4, -0.2) is 22.0 Å². The third-order valence-corrected chi connectivity index (χ3v) is 1.63. The second-order valence-corrected chi connectivity index (χ2v) is 2.86. The van der Waals surface area contributed by atoms with Crippen molar-refractivity contribution in [3.05, 3.63) is 47.2 Å². The highest BCUT2D eigenvalue weighted by atomic mass is 19.1. The van der Waals surface area contributed by atoms with Crippen molar-refractivity contribution in [2.75, 3.05) is 0 Å². The van der Waals surface area contributed by atoms with E-state index in [-0.39, 0.29) is 5.56 Å². The zero-order chi connectivity index (χ0) is 12.3. The number of aliphatic hydroxyl groups excluding tert-OH is 1. The molecule has 0 bridgehead atoms. The molecule has 84 valence electrons. The summed E-state index contributed by atoms with van der Waals surface area (Å²) in [7, 11) is 0. The highest BCUT2D eigenvalue weighted by molar-refractivity contribution is 6.07. The second-order valence-electron chi connectivity index (χ2n) is 2.86. The Morgan fingerprint density at radius 2 is 1.56 bits per heavy atom. The van der Waals surface area contributed by atoms with Crippen molar-refractivity contribution in [3.63, 3.8) is 0 Å². The van der Waals surface area contributed by atoms with Crippen LogP contribution in [0.15, 0.2) is 30.0 Å². The summed E-state index contributed by atoms with van der Waals surface area (Å²) in [6.45, 7) is 0. The molecule has 1 aromatic rings. The van der Waals surface area contributed by atoms with E-state index in [0.29, 0.717) is 12.1 Å². The van der Waals surface area contributed by atoms with Crippen molar-refractivity contribution < 1.29 is 28.6 Å². The molecule has 16 heavy (non-hydrogen) atoms. The Balaban J connectivity index is 3.06. The molecule has 4 nitrogen and oxygen atoms in total. The van der Waals surface area contributed by atoms with E-state index < -0.39 is 29.1 Å². The van der Waals surface area contributed by atoms with Crippen molar-refractivity contribution in [3.8, 4) is 0 Å². The van der Waals surface area contributed by atoms with Crippen LogP contribution < -0.4 is 0 Å². The standard InChI is InChI=1S/C10H6F2O4/c11-6-1-5(2-7(12)3-6)8(13)4-9(14)10(15)16/h1-4,14H,(H,15,16)/b9-4+. The highest BCUT2D eigenvalue weighted by Gasteiger charge is 2.11. The fraction of sp³-hybridized carbons (Fsp3) is 0. The van der Waals surface area contributed by atoms with Crippen LogP contribution in [0.4, 0.5) is 8.78 Å². The van der Waals surface area contributed by atoms with Gasteiger partial charge in [-0.3, -0.25) is 4.79 Å². The maximum absolute atomic E-state index is 12.7. The first kappa shape index (κ1) is 11.8. The molecule has 0 heterocycles. The SMILES string of the molecule is O=C(O)/C(O)=C\C(=O)c1cc(F)cc(F)c1. The van der Waals surface area contributed by atoms with Crippen LogP contribution in [0.3, 0.4) is 0 Å². The van der Waals surface area contributed by atoms with Crippen molar-refractivity contribution in [1.82, 2.24) is 0 Å². The molecule has 0 aliphatic carbocycles. The third kappa shape index (κ3) is 2.88. The number of ketones is 1. The molecule has 0 saturated carbocycles. The normalized spacial score (nSPS) is 11.2. The zero-order valence-corrected chi connectivity index (χ0v) is 7.78. The van der Waals surface area contributed by atoms with E-state index in [9.17, 15) is 18.4 Å². The number of rotatable bonds is 3. The average Bonchev–Trinajstić information content (AvgIpc) is 2.15. The second kappa shape index (κ2) is 4.52. The maximum Gasteiger partial charge on any atom is 0.371 e. The van der Waals surface area contributed by atoms with Crippen LogP contribution in [0.1, 0.15) is 10.4 Å². The lowest BCUT2D eigenvalue weighted by atomic mass is 10.1. The van der Waals surface area contributed by atoms with Gasteiger partial charge in [-0.05, 0) is 12.1 Å². The Morgan fingerprint density at radius 3 is 2.00 bits per heavy atom. The molecule has 0 aliphatic rings. The molecule has 0 radical (unpaired) electrons. The molecule has 2 N–H and O–H groups in total. The van der Waals surface area contributed by atoms with E-state index in [4.69, 9.17) is 10.2 Å². The molecular formula is C10H6F2O4. The van der Waals surface area contributed by atoms with Gasteiger partial charge in [-0.15, -0.1) is 0 Å². The predicted molar refractivity (Wildman–Crippen MR) is 49.0 cm³/mol. The van der Waals surface area contributed by atoms with Crippen LogP contribution >= 0.6 is 0 Å². The van der Waals surface area contributed by atoms with E-state index in [2.05, 4.69) is 0 Å². The van der Waals surface area contributed by atoms with Crippen molar-refractivity contribution >= 4 is 11.8 Å². The molecule has 0 saturated heterocycles. The van der Waals surface area contributed by atoms with Gasteiger partial charge in [-0.2, -0.15) is 0 Å². The van der Waals surface area contributed by atoms with E-state index >= 15 is 0 Å². The van der Waals surface area contributed by atoms with Crippen LogP contribution in [0, 0.1) is 11.6 Å². The summed E-state index contributed by atoms with van der Waals surface area (Å²) in [6, 6.07) is 2.03. The molecule has 0 aliphatic heterocycles. The van der Waals surface area contributed by atoms with Crippen LogP contribution in [0.25, 0.3) is 0 Å². The largest absolute Gasteiger partial charge is 0.502 e. The Bertz CT molecular complexity index is 459. The predicted octanol–water partition coefficient (Wildman–Crippen LogP) is 1.67. The summed E-state index contributed by atoms with van der Waals surface area (Å²) < 4.78 is 25.4. The van der Waals surface area contributed by atoms with Gasteiger partial charge in [0.15, 0.2) is 5.78 Å². The van der Waals surface area contributed by atoms with Crippen molar-refractivity contribution in [2.24, 2.45) is 0 Å². The molecule has 1 rings (SSSR count). The number of hydrogen-bond acceptors (Lipinski definition) is 3. The number of allylic oxidation sites excluding steroid dienone is 1. The minimum absolute atomic E-state index is 0.372. The van der Waals surface area contributed by atoms with Crippen LogP contribution in [0.5, 0.6) is 0 Å². The highest BCUT2D eigenvalue weighted by Crippen LogP contribution is 2.09. The Hall–Kier alpha value is -2.24. The molecule has 0 atom stereocenters. The Kier molecular flexibility index (Phi) is 3.34. The van der Waals surface area contributed by atoms with E-state index in [1.165, 1.54) is 0 Å². The minimum atomic E-state index is -1.70. The maximum atomic E-state index is 12.7. The van der Waals surface area contributed by atoms with E-state index in [1.807, 2.05) is 0 Å². The number of aliphatic hydroxyl groups is 1. The number of carbonyl (C=O) groups is 2. The molecule has 0 unspecified atom stereocenters. The fourth-order valence-corrected chi connectivity index (χ4v) is 0.965. The number of aliphatic carboxylic acids is 1. The first-order valence-corrected chi connectivity index (χ1v) is 4.04. The number of carbonyl (C=O) groups excluding carboxylic acids is 1. The monoisotopic (exact) mass is 228 g/mol. The van der Waals surface area contributed by atoms with Crippen LogP contribution in [-0.2, 0) is 4.79 Å². The smallest absolute Gasteiger partial charge is 0.371 e. The lowest BCUT2D eigenvalue weighted by Gasteiger charge is -1.97. The van der Waals surface area contributed by atoms with Gasteiger partial charge in [0, 0.05) is 17.7 Å². The molecule has 0 fully saturated rings.